The molecule has 4 rings (SSSR count). The third-order valence-corrected chi connectivity index (χ3v) is 10.3. The van der Waals surface area contributed by atoms with E-state index in [-0.39, 0.29) is 40.0 Å². The van der Waals surface area contributed by atoms with E-state index in [1.54, 1.807) is 0 Å². The Morgan fingerprint density at radius 2 is 1.86 bits per heavy atom. The molecule has 208 valence electrons. The summed E-state index contributed by atoms with van der Waals surface area (Å²) in [5, 5.41) is 2.56. The Morgan fingerprint density at radius 1 is 1.22 bits per heavy atom. The van der Waals surface area contributed by atoms with Crippen LogP contribution in [0.15, 0.2) is 6.07 Å². The second-order valence-electron chi connectivity index (χ2n) is 10.7. The van der Waals surface area contributed by atoms with Gasteiger partial charge in [0.1, 0.15) is 11.3 Å². The molecule has 1 saturated heterocycles. The van der Waals surface area contributed by atoms with Crippen LogP contribution >= 0.6 is 0 Å². The Bertz CT molecular complexity index is 1080. The molecule has 0 atom stereocenters. The molecule has 0 aromatic carbocycles. The molecule has 1 aromatic heterocycles. The molecule has 1 aromatic rings. The van der Waals surface area contributed by atoms with Crippen LogP contribution < -0.4 is 10.1 Å². The van der Waals surface area contributed by atoms with Crippen molar-refractivity contribution in [2.45, 2.75) is 56.9 Å². The maximum absolute atomic E-state index is 13.2. The van der Waals surface area contributed by atoms with Gasteiger partial charge in [0, 0.05) is 31.6 Å². The number of carbonyl (C=O) groups is 1. The highest BCUT2D eigenvalue weighted by molar-refractivity contribution is 7.92. The van der Waals surface area contributed by atoms with Crippen LogP contribution in [-0.2, 0) is 20.8 Å². The summed E-state index contributed by atoms with van der Waals surface area (Å²) in [5.74, 6) is -0.354. The van der Waals surface area contributed by atoms with Gasteiger partial charge in [-0.1, -0.05) is 0 Å². The second-order valence-corrected chi connectivity index (χ2v) is 13.1. The largest absolute Gasteiger partial charge is 0.480 e. The van der Waals surface area contributed by atoms with Crippen LogP contribution in [0.1, 0.15) is 60.1 Å². The zero-order valence-corrected chi connectivity index (χ0v) is 22.2. The number of pyridine rings is 1. The average molecular weight is 548 g/mol. The van der Waals surface area contributed by atoms with Crippen molar-refractivity contribution in [3.63, 3.8) is 0 Å². The SMILES string of the molecule is COc1nc(C(F)(F)F)cc(C)c1C(=O)NCC1(CN2CCOCC2)CCC(S(=O)(=O)CC2CC2)CC1. The second kappa shape index (κ2) is 11.1. The van der Waals surface area contributed by atoms with Crippen LogP contribution in [0.4, 0.5) is 13.2 Å². The van der Waals surface area contributed by atoms with Crippen LogP contribution in [0.25, 0.3) is 0 Å². The van der Waals surface area contributed by atoms with E-state index in [4.69, 9.17) is 9.47 Å². The number of amides is 1. The molecule has 1 amide bonds. The Morgan fingerprint density at radius 3 is 2.43 bits per heavy atom. The molecule has 2 aliphatic carbocycles. The third-order valence-electron chi connectivity index (χ3n) is 7.85. The minimum atomic E-state index is -4.66. The number of nitrogens with one attached hydrogen (secondary N) is 1. The maximum Gasteiger partial charge on any atom is 0.433 e. The first-order valence-corrected chi connectivity index (χ1v) is 14.6. The summed E-state index contributed by atoms with van der Waals surface area (Å²) < 4.78 is 75.9. The quantitative estimate of drug-likeness (QED) is 0.507. The molecule has 1 N–H and O–H groups in total. The lowest BCUT2D eigenvalue weighted by molar-refractivity contribution is -0.141. The summed E-state index contributed by atoms with van der Waals surface area (Å²) >= 11 is 0. The van der Waals surface area contributed by atoms with Crippen molar-refractivity contribution in [1.82, 2.24) is 15.2 Å². The lowest BCUT2D eigenvalue weighted by Gasteiger charge is -2.44. The number of rotatable bonds is 9. The summed E-state index contributed by atoms with van der Waals surface area (Å²) in [6.07, 6.45) is -0.324. The molecule has 37 heavy (non-hydrogen) atoms. The van der Waals surface area contributed by atoms with Gasteiger partial charge in [-0.05, 0) is 63.0 Å². The Hall–Kier alpha value is -1.92. The maximum atomic E-state index is 13.2. The van der Waals surface area contributed by atoms with Gasteiger partial charge in [0.2, 0.25) is 5.88 Å². The Labute approximate surface area is 216 Å². The number of hydrogen-bond acceptors (Lipinski definition) is 7. The van der Waals surface area contributed by atoms with Gasteiger partial charge in [-0.15, -0.1) is 0 Å². The Balaban J connectivity index is 1.49. The molecule has 0 radical (unpaired) electrons. The summed E-state index contributed by atoms with van der Waals surface area (Å²) in [4.78, 5) is 19.0. The monoisotopic (exact) mass is 547 g/mol. The number of ether oxygens (including phenoxy) is 2. The van der Waals surface area contributed by atoms with Crippen LogP contribution in [-0.4, -0.2) is 81.7 Å². The summed E-state index contributed by atoms with van der Waals surface area (Å²) in [6.45, 7) is 5.15. The fraction of sp³-hybridized carbons (Fsp3) is 0.760. The fourth-order valence-electron chi connectivity index (χ4n) is 5.51. The number of carbonyl (C=O) groups excluding carboxylic acids is 1. The fourth-order valence-corrected chi connectivity index (χ4v) is 7.72. The summed E-state index contributed by atoms with van der Waals surface area (Å²) in [5.41, 5.74) is -1.38. The van der Waals surface area contributed by atoms with Crippen molar-refractivity contribution >= 4 is 15.7 Å². The van der Waals surface area contributed by atoms with E-state index in [1.807, 2.05) is 0 Å². The molecular weight excluding hydrogens is 511 g/mol. The number of hydrogen-bond donors (Lipinski definition) is 1. The zero-order chi connectivity index (χ0) is 26.8. The van der Waals surface area contributed by atoms with E-state index < -0.39 is 27.6 Å². The molecule has 2 heterocycles. The molecule has 3 fully saturated rings. The predicted octanol–water partition coefficient (Wildman–Crippen LogP) is 3.23. The Kier molecular flexibility index (Phi) is 8.40. The first kappa shape index (κ1) is 28.1. The van der Waals surface area contributed by atoms with Gasteiger partial charge in [-0.25, -0.2) is 13.4 Å². The van der Waals surface area contributed by atoms with E-state index in [0.717, 1.165) is 32.0 Å². The first-order valence-electron chi connectivity index (χ1n) is 12.9. The number of alkyl halides is 3. The molecule has 0 bridgehead atoms. The number of nitrogens with zero attached hydrogens (tertiary/aromatic N) is 2. The highest BCUT2D eigenvalue weighted by Gasteiger charge is 2.43. The van der Waals surface area contributed by atoms with Gasteiger partial charge >= 0.3 is 6.18 Å². The van der Waals surface area contributed by atoms with Crippen molar-refractivity contribution in [3.8, 4) is 5.88 Å². The molecule has 2 saturated carbocycles. The van der Waals surface area contributed by atoms with Gasteiger partial charge < -0.3 is 14.8 Å². The van der Waals surface area contributed by atoms with Gasteiger partial charge in [-0.3, -0.25) is 9.69 Å². The van der Waals surface area contributed by atoms with Crippen LogP contribution in [0.2, 0.25) is 0 Å². The normalized spacial score (nSPS) is 25.6. The highest BCUT2D eigenvalue weighted by Crippen LogP contribution is 2.41. The molecule has 0 spiro atoms. The number of sulfone groups is 1. The molecule has 3 aliphatic rings. The molecular formula is C25H36F3N3O5S. The van der Waals surface area contributed by atoms with E-state index in [2.05, 4.69) is 15.2 Å². The smallest absolute Gasteiger partial charge is 0.433 e. The number of aromatic nitrogens is 1. The topological polar surface area (TPSA) is 97.8 Å². The van der Waals surface area contributed by atoms with Gasteiger partial charge in [-0.2, -0.15) is 13.2 Å². The number of aryl methyl sites for hydroxylation is 1. The standard InChI is InChI=1S/C25H36F3N3O5S/c1-17-13-20(25(26,27)28)30-23(35-2)21(17)22(32)29-15-24(16-31-9-11-36-12-10-31)7-5-19(6-8-24)37(33,34)14-18-3-4-18/h13,18-19H,3-12,14-16H2,1-2H3,(H,29,32). The summed E-state index contributed by atoms with van der Waals surface area (Å²) in [6, 6.07) is 0.844. The molecule has 0 unspecified atom stereocenters. The predicted molar refractivity (Wildman–Crippen MR) is 131 cm³/mol. The van der Waals surface area contributed by atoms with Gasteiger partial charge in [0.25, 0.3) is 5.91 Å². The molecule has 1 aliphatic heterocycles. The van der Waals surface area contributed by atoms with Crippen LogP contribution in [0.3, 0.4) is 0 Å². The third kappa shape index (κ3) is 6.94. The minimum absolute atomic E-state index is 0.0299. The van der Waals surface area contributed by atoms with Crippen molar-refractivity contribution in [3.05, 3.63) is 22.9 Å². The van der Waals surface area contributed by atoms with Gasteiger partial charge in [0.05, 0.1) is 31.3 Å². The van der Waals surface area contributed by atoms with Crippen molar-refractivity contribution < 1.29 is 35.9 Å². The van der Waals surface area contributed by atoms with E-state index in [1.165, 1.54) is 14.0 Å². The average Bonchev–Trinajstić information content (AvgIpc) is 3.66. The van der Waals surface area contributed by atoms with E-state index >= 15 is 0 Å². The molecule has 12 heteroatoms. The number of methoxy groups -OCH3 is 1. The van der Waals surface area contributed by atoms with Crippen molar-refractivity contribution in [1.29, 1.82) is 0 Å². The van der Waals surface area contributed by atoms with E-state index in [0.29, 0.717) is 51.4 Å². The number of halogens is 3. The minimum Gasteiger partial charge on any atom is -0.480 e. The van der Waals surface area contributed by atoms with Crippen LogP contribution in [0, 0.1) is 18.3 Å². The van der Waals surface area contributed by atoms with Crippen molar-refractivity contribution in [2.75, 3.05) is 52.3 Å². The first-order chi connectivity index (χ1) is 17.4. The van der Waals surface area contributed by atoms with Gasteiger partial charge in [0.15, 0.2) is 9.84 Å². The zero-order valence-electron chi connectivity index (χ0n) is 21.4. The number of morpholine rings is 1. The highest BCUT2D eigenvalue weighted by atomic mass is 32.2. The van der Waals surface area contributed by atoms with E-state index in [9.17, 15) is 26.4 Å². The lowest BCUT2D eigenvalue weighted by atomic mass is 9.73. The molecule has 8 nitrogen and oxygen atoms in total. The summed E-state index contributed by atoms with van der Waals surface area (Å²) in [7, 11) is -1.96. The van der Waals surface area contributed by atoms with Crippen LogP contribution in [0.5, 0.6) is 5.88 Å². The lowest BCUT2D eigenvalue weighted by Crippen LogP contribution is -2.51. The van der Waals surface area contributed by atoms with Crippen molar-refractivity contribution in [2.24, 2.45) is 11.3 Å².